The normalized spacial score (nSPS) is 10.4. The number of hydrogen-bond donors (Lipinski definition) is 0. The van der Waals surface area contributed by atoms with Crippen LogP contribution in [0.1, 0.15) is 12.5 Å². The van der Waals surface area contributed by atoms with Gasteiger partial charge < -0.3 is 4.90 Å². The van der Waals surface area contributed by atoms with Gasteiger partial charge in [0.25, 0.3) is 0 Å². The first-order valence-corrected chi connectivity index (χ1v) is 6.48. The fraction of sp³-hybridized carbons (Fsp3) is 0.417. The summed E-state index contributed by atoms with van der Waals surface area (Å²) in [5, 5.41) is 0.679. The van der Waals surface area contributed by atoms with E-state index in [4.69, 9.17) is 0 Å². The number of benzene rings is 1. The van der Waals surface area contributed by atoms with E-state index < -0.39 is 11.6 Å². The zero-order valence-corrected chi connectivity index (χ0v) is 11.1. The molecule has 0 saturated carbocycles. The minimum Gasteiger partial charge on any atom is -0.342 e. The van der Waals surface area contributed by atoms with Crippen LogP contribution in [-0.4, -0.2) is 29.2 Å². The van der Waals surface area contributed by atoms with Gasteiger partial charge in [-0.3, -0.25) is 4.79 Å². The number of alkyl halides is 1. The molecule has 5 heteroatoms. The van der Waals surface area contributed by atoms with Gasteiger partial charge in [0.2, 0.25) is 5.91 Å². The zero-order valence-electron chi connectivity index (χ0n) is 9.55. The molecule has 0 atom stereocenters. The van der Waals surface area contributed by atoms with Crippen LogP contribution < -0.4 is 0 Å². The lowest BCUT2D eigenvalue weighted by Crippen LogP contribution is -2.33. The molecule has 0 aliphatic rings. The van der Waals surface area contributed by atoms with Crippen molar-refractivity contribution >= 4 is 21.8 Å². The van der Waals surface area contributed by atoms with Gasteiger partial charge >= 0.3 is 0 Å². The number of nitrogens with zero attached hydrogens (tertiary/aromatic N) is 1. The number of amides is 1. The Morgan fingerprint density at radius 1 is 1.41 bits per heavy atom. The number of carbonyl (C=O) groups is 1. The molecule has 1 rings (SSSR count). The average Bonchev–Trinajstić information content (AvgIpc) is 2.29. The largest absolute Gasteiger partial charge is 0.342 e. The zero-order chi connectivity index (χ0) is 12.8. The van der Waals surface area contributed by atoms with Gasteiger partial charge in [0.05, 0.1) is 6.42 Å². The number of halogens is 3. The van der Waals surface area contributed by atoms with Crippen LogP contribution in [0.25, 0.3) is 0 Å². The number of carbonyl (C=O) groups excluding carboxylic acids is 1. The van der Waals surface area contributed by atoms with Gasteiger partial charge in [0, 0.05) is 24.5 Å². The second-order valence-corrected chi connectivity index (χ2v) is 4.37. The fourth-order valence-corrected chi connectivity index (χ4v) is 1.93. The van der Waals surface area contributed by atoms with Crippen LogP contribution in [-0.2, 0) is 11.2 Å². The van der Waals surface area contributed by atoms with E-state index in [1.54, 1.807) is 4.90 Å². The molecule has 0 saturated heterocycles. The molecule has 0 fully saturated rings. The molecule has 0 N–H and O–H groups in total. The summed E-state index contributed by atoms with van der Waals surface area (Å²) in [5.74, 6) is -1.46. The van der Waals surface area contributed by atoms with Crippen molar-refractivity contribution < 1.29 is 13.6 Å². The minimum atomic E-state index is -0.673. The topological polar surface area (TPSA) is 20.3 Å². The van der Waals surface area contributed by atoms with E-state index in [0.717, 1.165) is 12.1 Å². The van der Waals surface area contributed by atoms with Crippen LogP contribution in [0, 0.1) is 11.6 Å². The minimum absolute atomic E-state index is 0.0348. The maximum atomic E-state index is 13.3. The summed E-state index contributed by atoms with van der Waals surface area (Å²) in [6.45, 7) is 3.02. The highest BCUT2D eigenvalue weighted by atomic mass is 79.9. The first-order chi connectivity index (χ1) is 8.08. The Balaban J connectivity index is 2.73. The van der Waals surface area contributed by atoms with Gasteiger partial charge in [-0.2, -0.15) is 0 Å². The first kappa shape index (κ1) is 14.1. The first-order valence-electron chi connectivity index (χ1n) is 5.36. The molecular formula is C12H14BrF2NO. The maximum absolute atomic E-state index is 13.3. The predicted molar refractivity (Wildman–Crippen MR) is 66.1 cm³/mol. The van der Waals surface area contributed by atoms with Crippen molar-refractivity contribution in [2.45, 2.75) is 13.3 Å². The standard InChI is InChI=1S/C12H14BrF2NO/c1-2-16(6-5-13)12(17)7-9-3-4-10(14)8-11(9)15/h3-4,8H,2,5-7H2,1H3. The van der Waals surface area contributed by atoms with Crippen molar-refractivity contribution in [2.75, 3.05) is 18.4 Å². The summed E-state index contributed by atoms with van der Waals surface area (Å²) in [6.07, 6.45) is -0.0348. The molecule has 0 aliphatic heterocycles. The Bertz CT molecular complexity index is 398. The third-order valence-electron chi connectivity index (χ3n) is 2.45. The number of likely N-dealkylation sites (N-methyl/N-ethyl adjacent to an activating group) is 1. The van der Waals surface area contributed by atoms with Gasteiger partial charge in [-0.05, 0) is 18.6 Å². The van der Waals surface area contributed by atoms with Crippen LogP contribution in [0.5, 0.6) is 0 Å². The molecule has 0 aromatic heterocycles. The Morgan fingerprint density at radius 2 is 2.12 bits per heavy atom. The molecule has 1 aromatic rings. The van der Waals surface area contributed by atoms with E-state index in [1.807, 2.05) is 6.92 Å². The molecule has 1 amide bonds. The molecule has 2 nitrogen and oxygen atoms in total. The number of hydrogen-bond acceptors (Lipinski definition) is 1. The molecule has 0 heterocycles. The van der Waals surface area contributed by atoms with Gasteiger partial charge in [0.1, 0.15) is 11.6 Å². The lowest BCUT2D eigenvalue weighted by Gasteiger charge is -2.19. The highest BCUT2D eigenvalue weighted by Gasteiger charge is 2.14. The van der Waals surface area contributed by atoms with Crippen LogP contribution in [0.15, 0.2) is 18.2 Å². The van der Waals surface area contributed by atoms with Crippen molar-refractivity contribution in [3.05, 3.63) is 35.4 Å². The van der Waals surface area contributed by atoms with Crippen molar-refractivity contribution in [3.8, 4) is 0 Å². The summed E-state index contributed by atoms with van der Waals surface area (Å²) in [5.41, 5.74) is 0.226. The molecular weight excluding hydrogens is 292 g/mol. The van der Waals surface area contributed by atoms with Gasteiger partial charge in [-0.1, -0.05) is 22.0 Å². The van der Waals surface area contributed by atoms with Crippen LogP contribution >= 0.6 is 15.9 Å². The van der Waals surface area contributed by atoms with E-state index >= 15 is 0 Å². The molecule has 17 heavy (non-hydrogen) atoms. The maximum Gasteiger partial charge on any atom is 0.227 e. The molecule has 0 bridgehead atoms. The Hall–Kier alpha value is -0.970. The van der Waals surface area contributed by atoms with Crippen LogP contribution in [0.4, 0.5) is 8.78 Å². The second-order valence-electron chi connectivity index (χ2n) is 3.57. The van der Waals surface area contributed by atoms with E-state index in [9.17, 15) is 13.6 Å². The average molecular weight is 306 g/mol. The molecule has 94 valence electrons. The van der Waals surface area contributed by atoms with Crippen molar-refractivity contribution in [1.29, 1.82) is 0 Å². The molecule has 0 unspecified atom stereocenters. The van der Waals surface area contributed by atoms with Crippen molar-refractivity contribution in [1.82, 2.24) is 4.90 Å². The third-order valence-corrected chi connectivity index (χ3v) is 2.80. The lowest BCUT2D eigenvalue weighted by molar-refractivity contribution is -0.130. The molecule has 0 spiro atoms. The summed E-state index contributed by atoms with van der Waals surface area (Å²) in [7, 11) is 0. The quantitative estimate of drug-likeness (QED) is 0.766. The Morgan fingerprint density at radius 3 is 2.65 bits per heavy atom. The lowest BCUT2D eigenvalue weighted by atomic mass is 10.1. The third kappa shape index (κ3) is 4.07. The van der Waals surface area contributed by atoms with E-state index in [1.165, 1.54) is 6.07 Å². The molecule has 0 aliphatic carbocycles. The summed E-state index contributed by atoms with van der Waals surface area (Å²) >= 11 is 3.25. The van der Waals surface area contributed by atoms with Crippen LogP contribution in [0.2, 0.25) is 0 Å². The van der Waals surface area contributed by atoms with E-state index in [2.05, 4.69) is 15.9 Å². The summed E-state index contributed by atoms with van der Waals surface area (Å²) < 4.78 is 26.0. The van der Waals surface area contributed by atoms with E-state index in [-0.39, 0.29) is 17.9 Å². The van der Waals surface area contributed by atoms with Gasteiger partial charge in [0.15, 0.2) is 0 Å². The van der Waals surface area contributed by atoms with E-state index in [0.29, 0.717) is 18.4 Å². The second kappa shape index (κ2) is 6.69. The summed E-state index contributed by atoms with van der Waals surface area (Å²) in [6, 6.07) is 3.26. The van der Waals surface area contributed by atoms with Gasteiger partial charge in [-0.15, -0.1) is 0 Å². The predicted octanol–water partition coefficient (Wildman–Crippen LogP) is 2.75. The number of rotatable bonds is 5. The Labute approximate surface area is 108 Å². The Kier molecular flexibility index (Phi) is 5.55. The monoisotopic (exact) mass is 305 g/mol. The fourth-order valence-electron chi connectivity index (χ4n) is 1.50. The molecule has 0 radical (unpaired) electrons. The highest BCUT2D eigenvalue weighted by molar-refractivity contribution is 9.09. The highest BCUT2D eigenvalue weighted by Crippen LogP contribution is 2.11. The molecule has 1 aromatic carbocycles. The van der Waals surface area contributed by atoms with Crippen molar-refractivity contribution in [3.63, 3.8) is 0 Å². The van der Waals surface area contributed by atoms with Gasteiger partial charge in [-0.25, -0.2) is 8.78 Å². The van der Waals surface area contributed by atoms with Crippen molar-refractivity contribution in [2.24, 2.45) is 0 Å². The SMILES string of the molecule is CCN(CCBr)C(=O)Cc1ccc(F)cc1F. The van der Waals surface area contributed by atoms with Crippen LogP contribution in [0.3, 0.4) is 0 Å². The smallest absolute Gasteiger partial charge is 0.227 e. The summed E-state index contributed by atoms with van der Waals surface area (Å²) in [4.78, 5) is 13.4.